The van der Waals surface area contributed by atoms with Crippen LogP contribution in [0.1, 0.15) is 5.69 Å². The normalized spacial score (nSPS) is 10.8. The Balaban J connectivity index is 2.99. The van der Waals surface area contributed by atoms with Gasteiger partial charge in [-0.05, 0) is 7.05 Å². The number of aliphatic hydroxyl groups is 1. The summed E-state index contributed by atoms with van der Waals surface area (Å²) in [5.41, 5.74) is 0.390. The van der Waals surface area contributed by atoms with Gasteiger partial charge in [0.05, 0.1) is 12.8 Å². The Morgan fingerprint density at radius 3 is 2.88 bits per heavy atom. The van der Waals surface area contributed by atoms with Gasteiger partial charge in [-0.25, -0.2) is 0 Å². The van der Waals surface area contributed by atoms with Crippen LogP contribution in [-0.2, 0) is 13.1 Å². The fraction of sp³-hybridized carbons (Fsp3) is 0.417. The molecule has 0 amide bonds. The van der Waals surface area contributed by atoms with Crippen LogP contribution in [0.4, 0.5) is 0 Å². The van der Waals surface area contributed by atoms with E-state index in [1.165, 1.54) is 12.3 Å². The lowest BCUT2D eigenvalue weighted by atomic mass is 10.3. The molecule has 0 saturated carbocycles. The fourth-order valence-electron chi connectivity index (χ4n) is 1.57. The van der Waals surface area contributed by atoms with E-state index in [-0.39, 0.29) is 12.4 Å². The van der Waals surface area contributed by atoms with Gasteiger partial charge in [0.1, 0.15) is 0 Å². The molecular formula is C12H18N2O3. The molecule has 0 radical (unpaired) electrons. The molecule has 0 spiro atoms. The number of aromatic nitrogens is 1. The van der Waals surface area contributed by atoms with Gasteiger partial charge in [0.15, 0.2) is 5.75 Å². The summed E-state index contributed by atoms with van der Waals surface area (Å²) in [7, 11) is 1.85. The number of likely N-dealkylation sites (N-methyl/N-ethyl adjacent to an activating group) is 1. The molecule has 94 valence electrons. The van der Waals surface area contributed by atoms with Crippen LogP contribution in [0.2, 0.25) is 0 Å². The zero-order valence-corrected chi connectivity index (χ0v) is 9.96. The van der Waals surface area contributed by atoms with Gasteiger partial charge in [0.25, 0.3) is 0 Å². The third-order valence-electron chi connectivity index (χ3n) is 2.44. The van der Waals surface area contributed by atoms with Crippen LogP contribution in [0.3, 0.4) is 0 Å². The number of aromatic hydroxyl groups is 1. The molecule has 0 aromatic carbocycles. The minimum atomic E-state index is -0.391. The Morgan fingerprint density at radius 1 is 1.59 bits per heavy atom. The summed E-state index contributed by atoms with van der Waals surface area (Å²) < 4.78 is 1.76. The summed E-state index contributed by atoms with van der Waals surface area (Å²) in [5.74, 6) is -0.264. The van der Waals surface area contributed by atoms with Gasteiger partial charge in [-0.1, -0.05) is 6.08 Å². The van der Waals surface area contributed by atoms with E-state index in [1.807, 2.05) is 11.9 Å². The molecule has 0 aliphatic rings. The van der Waals surface area contributed by atoms with E-state index in [0.717, 1.165) is 5.69 Å². The monoisotopic (exact) mass is 238 g/mol. The van der Waals surface area contributed by atoms with Gasteiger partial charge >= 0.3 is 0 Å². The van der Waals surface area contributed by atoms with Crippen LogP contribution >= 0.6 is 0 Å². The standard InChI is InChI=1S/C12H18N2O3/c1-3-4-14-9-12(17)11(16)7-10(14)8-13(2)5-6-15/h3,7,9,15,17H,1,4-6,8H2,2H3. The molecule has 1 heterocycles. The topological polar surface area (TPSA) is 65.7 Å². The van der Waals surface area contributed by atoms with Crippen molar-refractivity contribution >= 4 is 0 Å². The van der Waals surface area contributed by atoms with Gasteiger partial charge in [0.2, 0.25) is 5.43 Å². The fourth-order valence-corrected chi connectivity index (χ4v) is 1.57. The van der Waals surface area contributed by atoms with Gasteiger partial charge in [-0.2, -0.15) is 0 Å². The zero-order valence-electron chi connectivity index (χ0n) is 9.96. The molecule has 1 aromatic heterocycles. The molecule has 5 nitrogen and oxygen atoms in total. The second-order valence-corrected chi connectivity index (χ2v) is 3.92. The maximum Gasteiger partial charge on any atom is 0.223 e. The van der Waals surface area contributed by atoms with E-state index < -0.39 is 5.43 Å². The molecule has 1 rings (SSSR count). The first-order valence-electron chi connectivity index (χ1n) is 5.41. The van der Waals surface area contributed by atoms with Gasteiger partial charge in [0, 0.05) is 31.4 Å². The Bertz CT molecular complexity index is 440. The van der Waals surface area contributed by atoms with Crippen molar-refractivity contribution in [3.8, 4) is 5.75 Å². The molecule has 0 saturated heterocycles. The highest BCUT2D eigenvalue weighted by Crippen LogP contribution is 2.07. The maximum atomic E-state index is 11.4. The minimum Gasteiger partial charge on any atom is -0.503 e. The molecule has 0 aliphatic heterocycles. The predicted octanol–water partition coefficient (Wildman–Crippen LogP) is 0.164. The molecule has 17 heavy (non-hydrogen) atoms. The third-order valence-corrected chi connectivity index (χ3v) is 2.44. The molecule has 5 heteroatoms. The highest BCUT2D eigenvalue weighted by atomic mass is 16.3. The summed E-state index contributed by atoms with van der Waals surface area (Å²) in [6, 6.07) is 1.41. The summed E-state index contributed by atoms with van der Waals surface area (Å²) in [6.07, 6.45) is 3.10. The zero-order chi connectivity index (χ0) is 12.8. The Labute approximate surface area is 100 Å². The SMILES string of the molecule is C=CCn1cc(O)c(=O)cc1CN(C)CCO. The molecule has 0 bridgehead atoms. The van der Waals surface area contributed by atoms with Crippen molar-refractivity contribution in [1.29, 1.82) is 0 Å². The minimum absolute atomic E-state index is 0.0697. The highest BCUT2D eigenvalue weighted by Gasteiger charge is 2.07. The predicted molar refractivity (Wildman–Crippen MR) is 66.0 cm³/mol. The van der Waals surface area contributed by atoms with Crippen molar-refractivity contribution in [3.63, 3.8) is 0 Å². The average molecular weight is 238 g/mol. The third kappa shape index (κ3) is 3.72. The first-order chi connectivity index (χ1) is 8.08. The van der Waals surface area contributed by atoms with Gasteiger partial charge in [-0.15, -0.1) is 6.58 Å². The summed E-state index contributed by atoms with van der Waals surface area (Å²) in [6.45, 7) is 5.29. The van der Waals surface area contributed by atoms with Crippen molar-refractivity contribution < 1.29 is 10.2 Å². The summed E-state index contributed by atoms with van der Waals surface area (Å²) >= 11 is 0. The van der Waals surface area contributed by atoms with E-state index in [0.29, 0.717) is 19.6 Å². The molecule has 0 unspecified atom stereocenters. The summed E-state index contributed by atoms with van der Waals surface area (Å²) in [4.78, 5) is 13.3. The van der Waals surface area contributed by atoms with Crippen LogP contribution < -0.4 is 5.43 Å². The maximum absolute atomic E-state index is 11.4. The Morgan fingerprint density at radius 2 is 2.29 bits per heavy atom. The number of rotatable bonds is 6. The van der Waals surface area contributed by atoms with Crippen LogP contribution in [-0.4, -0.2) is 39.9 Å². The van der Waals surface area contributed by atoms with Crippen molar-refractivity contribution in [2.45, 2.75) is 13.1 Å². The van der Waals surface area contributed by atoms with Crippen LogP contribution in [0.5, 0.6) is 5.75 Å². The molecular weight excluding hydrogens is 220 g/mol. The Hall–Kier alpha value is -1.59. The lowest BCUT2D eigenvalue weighted by Crippen LogP contribution is -2.25. The van der Waals surface area contributed by atoms with Crippen LogP contribution in [0.15, 0.2) is 29.7 Å². The molecule has 0 fully saturated rings. The van der Waals surface area contributed by atoms with E-state index in [1.54, 1.807) is 10.6 Å². The van der Waals surface area contributed by atoms with Crippen molar-refractivity contribution in [2.24, 2.45) is 0 Å². The molecule has 2 N–H and O–H groups in total. The second-order valence-electron chi connectivity index (χ2n) is 3.92. The number of pyridine rings is 1. The number of hydrogen-bond acceptors (Lipinski definition) is 4. The van der Waals surface area contributed by atoms with Crippen LogP contribution in [0.25, 0.3) is 0 Å². The largest absolute Gasteiger partial charge is 0.503 e. The second kappa shape index (κ2) is 6.22. The van der Waals surface area contributed by atoms with E-state index in [4.69, 9.17) is 5.11 Å². The van der Waals surface area contributed by atoms with E-state index in [2.05, 4.69) is 6.58 Å². The number of allylic oxidation sites excluding steroid dienone is 1. The Kier molecular flexibility index (Phi) is 4.93. The van der Waals surface area contributed by atoms with E-state index in [9.17, 15) is 9.90 Å². The van der Waals surface area contributed by atoms with Crippen molar-refractivity contribution in [3.05, 3.63) is 40.8 Å². The number of nitrogens with zero attached hydrogens (tertiary/aromatic N) is 2. The number of hydrogen-bond donors (Lipinski definition) is 2. The van der Waals surface area contributed by atoms with Gasteiger partial charge in [-0.3, -0.25) is 9.69 Å². The van der Waals surface area contributed by atoms with E-state index >= 15 is 0 Å². The van der Waals surface area contributed by atoms with Crippen LogP contribution in [0, 0.1) is 0 Å². The first-order valence-corrected chi connectivity index (χ1v) is 5.41. The van der Waals surface area contributed by atoms with Gasteiger partial charge < -0.3 is 14.8 Å². The summed E-state index contributed by atoms with van der Waals surface area (Å²) in [5, 5.41) is 18.2. The van der Waals surface area contributed by atoms with Crippen molar-refractivity contribution in [1.82, 2.24) is 9.47 Å². The average Bonchev–Trinajstić information content (AvgIpc) is 2.26. The molecule has 0 aliphatic carbocycles. The smallest absolute Gasteiger partial charge is 0.223 e. The first kappa shape index (κ1) is 13.5. The molecule has 1 aromatic rings. The lowest BCUT2D eigenvalue weighted by Gasteiger charge is -2.18. The molecule has 0 atom stereocenters. The number of aliphatic hydroxyl groups excluding tert-OH is 1. The quantitative estimate of drug-likeness (QED) is 0.693. The lowest BCUT2D eigenvalue weighted by molar-refractivity contribution is 0.214. The highest BCUT2D eigenvalue weighted by molar-refractivity contribution is 5.20. The van der Waals surface area contributed by atoms with Crippen molar-refractivity contribution in [2.75, 3.05) is 20.2 Å².